The van der Waals surface area contributed by atoms with Gasteiger partial charge in [-0.05, 0) is 121 Å². The van der Waals surface area contributed by atoms with Crippen LogP contribution >= 0.6 is 0 Å². The lowest BCUT2D eigenvalue weighted by molar-refractivity contribution is -0.383. The van der Waals surface area contributed by atoms with E-state index in [1.807, 2.05) is 0 Å². The second-order valence-electron chi connectivity index (χ2n) is 21.9. The van der Waals surface area contributed by atoms with Gasteiger partial charge >= 0.3 is 63.5 Å². The third kappa shape index (κ3) is 17.8. The van der Waals surface area contributed by atoms with Crippen LogP contribution in [0.1, 0.15) is 0 Å². The Labute approximate surface area is 640 Å². The molecular weight excluding hydrogens is 1810 g/mol. The number of alkyl halides is 8. The predicted molar refractivity (Wildman–Crippen MR) is 334 cm³/mol. The molecular formula is C65H26F28O17S7. The number of carboxylic acid groups (broad SMARTS) is 1. The second kappa shape index (κ2) is 33.7. The summed E-state index contributed by atoms with van der Waals surface area (Å²) in [5, 5.41) is 2.37. The molecule has 0 aliphatic heterocycles. The van der Waals surface area contributed by atoms with E-state index in [4.69, 9.17) is 0 Å². The fourth-order valence-electron chi connectivity index (χ4n) is 9.01. The van der Waals surface area contributed by atoms with Crippen molar-refractivity contribution in [1.29, 1.82) is 0 Å². The van der Waals surface area contributed by atoms with Crippen molar-refractivity contribution in [3.05, 3.63) is 274 Å². The highest BCUT2D eigenvalue weighted by atomic mass is 32.2. The first kappa shape index (κ1) is 91.8. The van der Waals surface area contributed by atoms with Crippen molar-refractivity contribution >= 4 is 78.3 Å². The summed E-state index contributed by atoms with van der Waals surface area (Å²) in [5.74, 6) is -79.7. The minimum atomic E-state index is -7.50. The Balaban J connectivity index is 0.000000240. The minimum absolute atomic E-state index is 0.398. The zero-order chi connectivity index (χ0) is 88.1. The first-order valence-electron chi connectivity index (χ1n) is 29.4. The summed E-state index contributed by atoms with van der Waals surface area (Å²) in [6.07, 6.45) is 0. The Kier molecular flexibility index (Phi) is 26.5. The van der Waals surface area contributed by atoms with Gasteiger partial charge in [-0.1, -0.05) is 36.4 Å². The number of benzene rings is 10. The van der Waals surface area contributed by atoms with E-state index in [-0.39, 0.29) is 0 Å². The van der Waals surface area contributed by atoms with Crippen molar-refractivity contribution in [2.75, 3.05) is 0 Å². The van der Waals surface area contributed by atoms with E-state index in [1.54, 1.807) is 60.7 Å². The van der Waals surface area contributed by atoms with Crippen LogP contribution in [0.5, 0.6) is 23.0 Å². The fourth-order valence-corrected chi connectivity index (χ4v) is 17.8. The molecule has 0 fully saturated rings. The average Bonchev–Trinajstić information content (AvgIpc) is 0.717. The number of carboxylic acids is 1. The molecule has 0 bridgehead atoms. The van der Waals surface area contributed by atoms with Crippen LogP contribution in [0.2, 0.25) is 0 Å². The molecule has 0 heterocycles. The van der Waals surface area contributed by atoms with Gasteiger partial charge in [-0.3, -0.25) is 0 Å². The van der Waals surface area contributed by atoms with Crippen molar-refractivity contribution in [2.45, 2.75) is 72.0 Å². The number of carbonyl (C=O) groups excluding carboxylic acids is 1. The summed E-state index contributed by atoms with van der Waals surface area (Å²) in [4.78, 5) is 3.52. The van der Waals surface area contributed by atoms with Gasteiger partial charge in [0.05, 0.1) is 21.8 Å². The van der Waals surface area contributed by atoms with E-state index in [0.29, 0.717) is 29.4 Å². The first-order valence-corrected chi connectivity index (χ1v) is 38.9. The lowest BCUT2D eigenvalue weighted by Gasteiger charge is -2.37. The minimum Gasteiger partial charge on any atom is -0.743 e. The van der Waals surface area contributed by atoms with E-state index >= 15 is 0 Å². The molecule has 0 amide bonds. The molecule has 10 aromatic rings. The van der Waals surface area contributed by atoms with Gasteiger partial charge in [0.2, 0.25) is 23.3 Å². The molecule has 0 aliphatic rings. The Morgan fingerprint density at radius 1 is 0.256 bits per heavy atom. The van der Waals surface area contributed by atoms with Crippen LogP contribution in [0.3, 0.4) is 0 Å². The SMILES string of the molecule is O=C([O-])C(F)(F)C(F)(F)C(F)(F)C(F)(F)S(=O)(=O)[O-].O=S(=O)(Oc1ccc([S+](c2ccccc2)c2ccc(OS(=O)(=O)c3c(F)c(F)c(F)c(F)c3F)cc2)cc1)c1c(F)c(F)c(F)c(F)c1F.O=S(=O)(Oc1ccc([S+](c2ccccc2)c2ccc(OS(=O)(=O)c3c(F)c(F)c(F)c(F)c3F)cc2)cc1)c1c(F)c(F)c(F)c(F)c1F. The van der Waals surface area contributed by atoms with Gasteiger partial charge in [-0.25, -0.2) is 96.2 Å². The molecule has 10 aromatic carbocycles. The topological polar surface area (TPSA) is 271 Å². The molecule has 0 aliphatic carbocycles. The monoisotopic (exact) mass is 1830 g/mol. The van der Waals surface area contributed by atoms with E-state index in [2.05, 4.69) is 16.7 Å². The lowest BCUT2D eigenvalue weighted by atomic mass is 10.1. The highest BCUT2D eigenvalue weighted by molar-refractivity contribution is 7.97. The maximum Gasteiger partial charge on any atom is 0.402 e. The third-order valence-electron chi connectivity index (χ3n) is 14.4. The van der Waals surface area contributed by atoms with E-state index < -0.39 is 260 Å². The Morgan fingerprint density at radius 2 is 0.419 bits per heavy atom. The molecule has 17 nitrogen and oxygen atoms in total. The molecule has 52 heteroatoms. The summed E-state index contributed by atoms with van der Waals surface area (Å²) in [5.41, 5.74) is 0. The van der Waals surface area contributed by atoms with Crippen molar-refractivity contribution in [1.82, 2.24) is 0 Å². The van der Waals surface area contributed by atoms with Gasteiger partial charge in [0, 0.05) is 0 Å². The Hall–Kier alpha value is -10.7. The molecule has 626 valence electrons. The number of carbonyl (C=O) groups is 1. The van der Waals surface area contributed by atoms with E-state index in [0.717, 1.165) is 48.5 Å². The van der Waals surface area contributed by atoms with Crippen LogP contribution in [0.25, 0.3) is 0 Å². The van der Waals surface area contributed by atoms with Crippen molar-refractivity contribution in [3.63, 3.8) is 0 Å². The second-order valence-corrected chi connectivity index (χ2v) is 33.3. The summed E-state index contributed by atoms with van der Waals surface area (Å²) in [6, 6.07) is 35.0. The van der Waals surface area contributed by atoms with Crippen LogP contribution < -0.4 is 21.8 Å². The number of rotatable bonds is 23. The van der Waals surface area contributed by atoms with E-state index in [1.165, 1.54) is 48.5 Å². The molecule has 0 radical (unpaired) electrons. The van der Waals surface area contributed by atoms with Crippen molar-refractivity contribution < 1.29 is 196 Å². The average molecular weight is 1840 g/mol. The van der Waals surface area contributed by atoms with Gasteiger partial charge in [0.15, 0.2) is 152 Å². The van der Waals surface area contributed by atoms with Crippen LogP contribution in [0, 0.1) is 116 Å². The van der Waals surface area contributed by atoms with E-state index in [9.17, 15) is 179 Å². The number of halogens is 28. The maximum atomic E-state index is 14.1. The van der Waals surface area contributed by atoms with Crippen molar-refractivity contribution in [3.8, 4) is 23.0 Å². The smallest absolute Gasteiger partial charge is 0.402 e. The van der Waals surface area contributed by atoms with Gasteiger partial charge in [0.25, 0.3) is 0 Å². The Morgan fingerprint density at radius 3 is 0.581 bits per heavy atom. The highest BCUT2D eigenvalue weighted by Crippen LogP contribution is 2.54. The summed E-state index contributed by atoms with van der Waals surface area (Å²) in [6.45, 7) is 0. The van der Waals surface area contributed by atoms with Gasteiger partial charge < -0.3 is 31.2 Å². The van der Waals surface area contributed by atoms with Crippen LogP contribution in [0.15, 0.2) is 207 Å². The third-order valence-corrected chi connectivity index (χ3v) is 24.8. The molecule has 10 rings (SSSR count). The first-order chi connectivity index (χ1) is 53.9. The van der Waals surface area contributed by atoms with Gasteiger partial charge in [0.1, 0.15) is 29.0 Å². The largest absolute Gasteiger partial charge is 0.743 e. The normalized spacial score (nSPS) is 12.5. The van der Waals surface area contributed by atoms with Gasteiger partial charge in [-0.15, -0.1) is 0 Å². The highest BCUT2D eigenvalue weighted by Gasteiger charge is 2.83. The molecule has 0 aromatic heterocycles. The lowest BCUT2D eigenvalue weighted by Crippen LogP contribution is -2.68. The molecule has 0 saturated heterocycles. The molecule has 0 unspecified atom stereocenters. The van der Waals surface area contributed by atoms with Crippen LogP contribution in [-0.4, -0.2) is 75.6 Å². The molecule has 117 heavy (non-hydrogen) atoms. The number of aliphatic carboxylic acids is 1. The molecule has 0 atom stereocenters. The summed E-state index contributed by atoms with van der Waals surface area (Å²) in [7, 11) is -32.1. The van der Waals surface area contributed by atoms with Crippen LogP contribution in [0.4, 0.5) is 123 Å². The molecule has 0 N–H and O–H groups in total. The fraction of sp³-hybridized carbons (Fsp3) is 0.0615. The van der Waals surface area contributed by atoms with Gasteiger partial charge in [-0.2, -0.15) is 68.8 Å². The van der Waals surface area contributed by atoms with Crippen LogP contribution in [-0.2, 0) is 77.2 Å². The quantitative estimate of drug-likeness (QED) is 0.0144. The summed E-state index contributed by atoms with van der Waals surface area (Å²) >= 11 is 0. The standard InChI is InChI=1S/2C30H13F10O6S3.C5H2F8O5S/c2*31-19-21(33)25(37)29(26(38)22(19)34)48(41,42)45-14-6-10-17(11-7-14)47(16-4-2-1-3-5-16)18-12-8-15(9-13-18)46-49(43,44)30-27(39)23(35)20(32)24(36)28(30)40;6-2(7,1(14)15)3(8,9)4(10,11)5(12,13)19(16,17)18/h2*1-13H;(H,14,15)(H,16,17,18)/q2*+1;/p-2. The molecule has 0 spiro atoms. The number of hydrogen-bond donors (Lipinski definition) is 0. The summed E-state index contributed by atoms with van der Waals surface area (Å²) < 4.78 is 522. The zero-order valence-electron chi connectivity index (χ0n) is 54.9. The number of hydrogen-bond acceptors (Lipinski definition) is 17. The van der Waals surface area contributed by atoms with Crippen molar-refractivity contribution in [2.24, 2.45) is 0 Å². The Bertz CT molecular complexity index is 5420. The maximum absolute atomic E-state index is 14.1. The predicted octanol–water partition coefficient (Wildman–Crippen LogP) is 15.2. The zero-order valence-corrected chi connectivity index (χ0v) is 60.6. The molecule has 0 saturated carbocycles.